The molecule has 5 heteroatoms. The summed E-state index contributed by atoms with van der Waals surface area (Å²) in [5.41, 5.74) is 3.36. The molecule has 0 bridgehead atoms. The molecular formula is C21H27N3O2. The van der Waals surface area contributed by atoms with Crippen molar-refractivity contribution >= 4 is 11.5 Å². The zero-order valence-electron chi connectivity index (χ0n) is 15.5. The Labute approximate surface area is 155 Å². The molecule has 1 aromatic heterocycles. The minimum atomic E-state index is -0.182. The zero-order valence-corrected chi connectivity index (χ0v) is 15.5. The van der Waals surface area contributed by atoms with Crippen LogP contribution >= 0.6 is 0 Å². The predicted octanol–water partition coefficient (Wildman–Crippen LogP) is 3.37. The Kier molecular flexibility index (Phi) is 4.49. The van der Waals surface area contributed by atoms with E-state index < -0.39 is 0 Å². The minimum absolute atomic E-state index is 0.132. The van der Waals surface area contributed by atoms with Crippen LogP contribution in [0.2, 0.25) is 0 Å². The standard InChI is InChI=1S/C21H27N3O2/c1-21(2)13-15-5-3-6-16(19(15)26-21)14-23-18-7-4-10-22-20(18)24-11-8-17(25)9-12-24/h3-7,10,17,23,25H,8-9,11-14H2,1-2H3. The predicted molar refractivity (Wildman–Crippen MR) is 104 cm³/mol. The number of aromatic nitrogens is 1. The number of fused-ring (bicyclic) bond motifs is 1. The van der Waals surface area contributed by atoms with E-state index in [0.717, 1.165) is 49.6 Å². The Morgan fingerprint density at radius 3 is 2.85 bits per heavy atom. The van der Waals surface area contributed by atoms with Gasteiger partial charge in [0.05, 0.1) is 11.8 Å². The zero-order chi connectivity index (χ0) is 18.1. The third-order valence-electron chi connectivity index (χ3n) is 5.19. The average Bonchev–Trinajstić information content (AvgIpc) is 2.95. The van der Waals surface area contributed by atoms with Gasteiger partial charge in [-0.25, -0.2) is 4.98 Å². The lowest BCUT2D eigenvalue weighted by atomic mass is 10.0. The van der Waals surface area contributed by atoms with Crippen molar-refractivity contribution in [2.45, 2.75) is 51.4 Å². The van der Waals surface area contributed by atoms with Gasteiger partial charge in [-0.05, 0) is 44.4 Å². The van der Waals surface area contributed by atoms with Gasteiger partial charge in [0.2, 0.25) is 0 Å². The first-order chi connectivity index (χ1) is 12.5. The van der Waals surface area contributed by atoms with Crippen LogP contribution in [-0.2, 0) is 13.0 Å². The summed E-state index contributed by atoms with van der Waals surface area (Å²) >= 11 is 0. The highest BCUT2D eigenvalue weighted by molar-refractivity contribution is 5.66. The van der Waals surface area contributed by atoms with E-state index in [1.54, 1.807) is 0 Å². The number of ether oxygens (including phenoxy) is 1. The summed E-state index contributed by atoms with van der Waals surface area (Å²) in [6.45, 7) is 6.65. The number of piperidine rings is 1. The summed E-state index contributed by atoms with van der Waals surface area (Å²) in [6, 6.07) is 10.4. The van der Waals surface area contributed by atoms with Gasteiger partial charge in [0.15, 0.2) is 5.82 Å². The van der Waals surface area contributed by atoms with Gasteiger partial charge >= 0.3 is 0 Å². The highest BCUT2D eigenvalue weighted by atomic mass is 16.5. The molecule has 3 heterocycles. The maximum atomic E-state index is 9.75. The van der Waals surface area contributed by atoms with E-state index in [2.05, 4.69) is 53.3 Å². The number of aliphatic hydroxyl groups is 1. The largest absolute Gasteiger partial charge is 0.487 e. The molecule has 2 aliphatic heterocycles. The van der Waals surface area contributed by atoms with E-state index in [-0.39, 0.29) is 11.7 Å². The minimum Gasteiger partial charge on any atom is -0.487 e. The molecule has 2 aliphatic rings. The van der Waals surface area contributed by atoms with Crippen LogP contribution in [0.5, 0.6) is 5.75 Å². The molecule has 0 saturated carbocycles. The summed E-state index contributed by atoms with van der Waals surface area (Å²) in [7, 11) is 0. The number of hydrogen-bond donors (Lipinski definition) is 2. The van der Waals surface area contributed by atoms with Gasteiger partial charge in [-0.3, -0.25) is 0 Å². The van der Waals surface area contributed by atoms with E-state index in [9.17, 15) is 5.11 Å². The van der Waals surface area contributed by atoms with E-state index in [4.69, 9.17) is 4.74 Å². The van der Waals surface area contributed by atoms with E-state index >= 15 is 0 Å². The topological polar surface area (TPSA) is 57.6 Å². The number of pyridine rings is 1. The average molecular weight is 353 g/mol. The van der Waals surface area contributed by atoms with Gasteiger partial charge in [0, 0.05) is 37.8 Å². The fourth-order valence-corrected chi connectivity index (χ4v) is 3.87. The van der Waals surface area contributed by atoms with Gasteiger partial charge in [-0.15, -0.1) is 0 Å². The van der Waals surface area contributed by atoms with Crippen molar-refractivity contribution in [2.75, 3.05) is 23.3 Å². The Morgan fingerprint density at radius 2 is 2.04 bits per heavy atom. The van der Waals surface area contributed by atoms with Crippen molar-refractivity contribution in [3.63, 3.8) is 0 Å². The van der Waals surface area contributed by atoms with Gasteiger partial charge in [0.1, 0.15) is 11.4 Å². The van der Waals surface area contributed by atoms with Crippen LogP contribution in [0.25, 0.3) is 0 Å². The number of nitrogens with one attached hydrogen (secondary N) is 1. The Bertz CT molecular complexity index is 783. The van der Waals surface area contributed by atoms with Crippen molar-refractivity contribution in [3.8, 4) is 5.75 Å². The Morgan fingerprint density at radius 1 is 1.23 bits per heavy atom. The summed E-state index contributed by atoms with van der Waals surface area (Å²) in [4.78, 5) is 6.84. The first-order valence-corrected chi connectivity index (χ1v) is 9.43. The number of anilines is 2. The highest BCUT2D eigenvalue weighted by Crippen LogP contribution is 2.38. The van der Waals surface area contributed by atoms with Gasteiger partial charge in [-0.2, -0.15) is 0 Å². The molecule has 2 N–H and O–H groups in total. The highest BCUT2D eigenvalue weighted by Gasteiger charge is 2.31. The van der Waals surface area contributed by atoms with Gasteiger partial charge in [0.25, 0.3) is 0 Å². The molecule has 5 nitrogen and oxygen atoms in total. The monoisotopic (exact) mass is 353 g/mol. The molecule has 1 aromatic carbocycles. The molecule has 0 spiro atoms. The van der Waals surface area contributed by atoms with E-state index in [1.807, 2.05) is 12.3 Å². The van der Waals surface area contributed by atoms with Crippen molar-refractivity contribution in [1.29, 1.82) is 0 Å². The molecule has 0 unspecified atom stereocenters. The first-order valence-electron chi connectivity index (χ1n) is 9.43. The van der Waals surface area contributed by atoms with Crippen LogP contribution in [0, 0.1) is 0 Å². The number of para-hydroxylation sites is 1. The van der Waals surface area contributed by atoms with Crippen molar-refractivity contribution < 1.29 is 9.84 Å². The van der Waals surface area contributed by atoms with Crippen molar-refractivity contribution in [3.05, 3.63) is 47.7 Å². The first kappa shape index (κ1) is 17.2. The molecule has 0 aliphatic carbocycles. The third-order valence-corrected chi connectivity index (χ3v) is 5.19. The summed E-state index contributed by atoms with van der Waals surface area (Å²) < 4.78 is 6.18. The molecule has 2 aromatic rings. The third kappa shape index (κ3) is 3.49. The van der Waals surface area contributed by atoms with Crippen LogP contribution in [-0.4, -0.2) is 34.9 Å². The Hall–Kier alpha value is -2.27. The van der Waals surface area contributed by atoms with Crippen LogP contribution in [0.3, 0.4) is 0 Å². The lowest BCUT2D eigenvalue weighted by Gasteiger charge is -2.31. The number of nitrogens with zero attached hydrogens (tertiary/aromatic N) is 2. The summed E-state index contributed by atoms with van der Waals surface area (Å²) in [5.74, 6) is 1.99. The lowest BCUT2D eigenvalue weighted by molar-refractivity contribution is 0.137. The molecule has 4 rings (SSSR count). The fourth-order valence-electron chi connectivity index (χ4n) is 3.87. The molecule has 138 valence electrons. The smallest absolute Gasteiger partial charge is 0.151 e. The maximum Gasteiger partial charge on any atom is 0.151 e. The normalized spacial score (nSPS) is 19.1. The van der Waals surface area contributed by atoms with E-state index in [0.29, 0.717) is 6.54 Å². The molecule has 26 heavy (non-hydrogen) atoms. The number of benzene rings is 1. The number of hydrogen-bond acceptors (Lipinski definition) is 5. The fraction of sp³-hybridized carbons (Fsp3) is 0.476. The van der Waals surface area contributed by atoms with Crippen LogP contribution in [0.1, 0.15) is 37.8 Å². The van der Waals surface area contributed by atoms with E-state index in [1.165, 1.54) is 11.1 Å². The molecule has 0 atom stereocenters. The molecule has 1 saturated heterocycles. The molecule has 1 fully saturated rings. The van der Waals surface area contributed by atoms with Crippen LogP contribution < -0.4 is 15.0 Å². The second-order valence-corrected chi connectivity index (χ2v) is 7.89. The summed E-state index contributed by atoms with van der Waals surface area (Å²) in [5, 5.41) is 13.3. The number of rotatable bonds is 4. The molecule has 0 amide bonds. The second-order valence-electron chi connectivity index (χ2n) is 7.89. The Balaban J connectivity index is 1.51. The van der Waals surface area contributed by atoms with Crippen LogP contribution in [0.4, 0.5) is 11.5 Å². The molecular weight excluding hydrogens is 326 g/mol. The maximum absolute atomic E-state index is 9.75. The summed E-state index contributed by atoms with van der Waals surface area (Å²) in [6.07, 6.45) is 4.19. The van der Waals surface area contributed by atoms with Gasteiger partial charge in [-0.1, -0.05) is 18.2 Å². The molecule has 0 radical (unpaired) electrons. The van der Waals surface area contributed by atoms with Gasteiger partial charge < -0.3 is 20.1 Å². The number of aliphatic hydroxyl groups excluding tert-OH is 1. The quantitative estimate of drug-likeness (QED) is 0.883. The second kappa shape index (κ2) is 6.80. The van der Waals surface area contributed by atoms with Crippen LogP contribution in [0.15, 0.2) is 36.5 Å². The SMILES string of the molecule is CC1(C)Cc2cccc(CNc3cccnc3N3CCC(O)CC3)c2O1. The van der Waals surface area contributed by atoms with Crippen molar-refractivity contribution in [1.82, 2.24) is 4.98 Å². The van der Waals surface area contributed by atoms with Crippen molar-refractivity contribution in [2.24, 2.45) is 0 Å². The lowest BCUT2D eigenvalue weighted by Crippen LogP contribution is -2.36.